The van der Waals surface area contributed by atoms with Crippen molar-refractivity contribution in [2.24, 2.45) is 5.92 Å². The van der Waals surface area contributed by atoms with Crippen molar-refractivity contribution in [3.05, 3.63) is 54.1 Å². The molecule has 1 aliphatic heterocycles. The molecule has 0 spiro atoms. The largest absolute Gasteiger partial charge is 0.302 e. The monoisotopic (exact) mass is 358 g/mol. The van der Waals surface area contributed by atoms with E-state index in [4.69, 9.17) is 0 Å². The lowest BCUT2D eigenvalue weighted by atomic mass is 10.0. The summed E-state index contributed by atoms with van der Waals surface area (Å²) in [5.74, 6) is 0.440. The molecule has 0 amide bonds. The van der Waals surface area contributed by atoms with Gasteiger partial charge in [-0.25, -0.2) is 4.39 Å². The predicted octanol–water partition coefficient (Wildman–Crippen LogP) is 3.64. The van der Waals surface area contributed by atoms with Crippen molar-refractivity contribution in [2.75, 3.05) is 26.2 Å². The van der Waals surface area contributed by atoms with E-state index in [2.05, 4.69) is 28.7 Å². The Labute approximate surface area is 156 Å². The first kappa shape index (κ1) is 19.1. The number of hydrogen-bond acceptors (Lipinski definition) is 3. The average molecular weight is 359 g/mol. The smallest absolute Gasteiger partial charge is 0.123 e. The fourth-order valence-corrected chi connectivity index (χ4v) is 3.88. The first-order chi connectivity index (χ1) is 12.6. The minimum absolute atomic E-state index is 0.159. The van der Waals surface area contributed by atoms with E-state index in [1.165, 1.54) is 12.0 Å². The average Bonchev–Trinajstić information content (AvgIpc) is 3.05. The number of hydrogen-bond donors (Lipinski definition) is 0. The number of halogens is 1. The highest BCUT2D eigenvalue weighted by molar-refractivity contribution is 5.16. The maximum Gasteiger partial charge on any atom is 0.123 e. The number of aryl methyl sites for hydroxylation is 1. The van der Waals surface area contributed by atoms with Crippen LogP contribution in [0.4, 0.5) is 4.39 Å². The zero-order valence-electron chi connectivity index (χ0n) is 16.0. The lowest BCUT2D eigenvalue weighted by molar-refractivity contribution is 0.131. The van der Waals surface area contributed by atoms with E-state index >= 15 is 0 Å². The van der Waals surface area contributed by atoms with Gasteiger partial charge in [-0.1, -0.05) is 26.0 Å². The molecule has 0 saturated carbocycles. The van der Waals surface area contributed by atoms with Crippen LogP contribution in [0, 0.1) is 11.7 Å². The molecule has 5 heteroatoms. The van der Waals surface area contributed by atoms with Crippen molar-refractivity contribution in [3.63, 3.8) is 0 Å². The molecule has 142 valence electrons. The topological polar surface area (TPSA) is 24.3 Å². The van der Waals surface area contributed by atoms with Crippen LogP contribution >= 0.6 is 0 Å². The van der Waals surface area contributed by atoms with Crippen LogP contribution in [0.25, 0.3) is 0 Å². The Kier molecular flexibility index (Phi) is 6.80. The first-order valence-corrected chi connectivity index (χ1v) is 9.80. The third kappa shape index (κ3) is 5.39. The Hall–Kier alpha value is -1.72. The highest BCUT2D eigenvalue weighted by atomic mass is 19.1. The van der Waals surface area contributed by atoms with Gasteiger partial charge in [0.1, 0.15) is 5.82 Å². The molecule has 26 heavy (non-hydrogen) atoms. The van der Waals surface area contributed by atoms with E-state index in [-0.39, 0.29) is 5.82 Å². The lowest BCUT2D eigenvalue weighted by Gasteiger charge is -2.34. The zero-order chi connectivity index (χ0) is 18.4. The molecule has 1 aromatic heterocycles. The van der Waals surface area contributed by atoms with Crippen molar-refractivity contribution in [2.45, 2.75) is 45.8 Å². The molecule has 1 aliphatic rings. The van der Waals surface area contributed by atoms with Gasteiger partial charge in [-0.3, -0.25) is 9.58 Å². The quantitative estimate of drug-likeness (QED) is 0.755. The summed E-state index contributed by atoms with van der Waals surface area (Å²) in [6.45, 7) is 11.0. The van der Waals surface area contributed by atoms with Gasteiger partial charge in [0.25, 0.3) is 0 Å². The Morgan fingerprint density at radius 2 is 1.96 bits per heavy atom. The summed E-state index contributed by atoms with van der Waals surface area (Å²) in [5.41, 5.74) is 1.20. The second-order valence-electron chi connectivity index (χ2n) is 7.69. The van der Waals surface area contributed by atoms with Gasteiger partial charge in [0.05, 0.1) is 0 Å². The third-order valence-corrected chi connectivity index (χ3v) is 5.32. The Balaban J connectivity index is 1.57. The molecule has 1 saturated heterocycles. The summed E-state index contributed by atoms with van der Waals surface area (Å²) in [4.78, 5) is 5.20. The molecule has 0 aliphatic carbocycles. The van der Waals surface area contributed by atoms with Crippen LogP contribution in [0.3, 0.4) is 0 Å². The summed E-state index contributed by atoms with van der Waals surface area (Å²) < 4.78 is 15.2. The van der Waals surface area contributed by atoms with Gasteiger partial charge in [-0.2, -0.15) is 5.10 Å². The first-order valence-electron chi connectivity index (χ1n) is 9.80. The SMILES string of the molecule is CC(C)C1CN(CCCn2cccn2)CCCN1Cc1ccc(F)cc1. The van der Waals surface area contributed by atoms with Gasteiger partial charge in [0, 0.05) is 44.6 Å². The number of benzene rings is 1. The van der Waals surface area contributed by atoms with Crippen molar-refractivity contribution in [3.8, 4) is 0 Å². The highest BCUT2D eigenvalue weighted by Gasteiger charge is 2.27. The van der Waals surface area contributed by atoms with Gasteiger partial charge in [0.15, 0.2) is 0 Å². The molecule has 1 atom stereocenters. The summed E-state index contributed by atoms with van der Waals surface area (Å²) in [7, 11) is 0. The molecule has 0 bridgehead atoms. The molecule has 0 radical (unpaired) electrons. The van der Waals surface area contributed by atoms with Crippen molar-refractivity contribution < 1.29 is 4.39 Å². The summed E-state index contributed by atoms with van der Waals surface area (Å²) >= 11 is 0. The van der Waals surface area contributed by atoms with Crippen LogP contribution in [0.5, 0.6) is 0 Å². The Morgan fingerprint density at radius 1 is 1.15 bits per heavy atom. The number of aromatic nitrogens is 2. The predicted molar refractivity (Wildman–Crippen MR) is 103 cm³/mol. The normalized spacial score (nSPS) is 19.8. The standard InChI is InChI=1S/C21H31FN4/c1-18(2)21-17-24(12-5-15-26-14-3-10-23-26)11-4-13-25(21)16-19-6-8-20(22)9-7-19/h3,6-10,14,18,21H,4-5,11-13,15-17H2,1-2H3. The third-order valence-electron chi connectivity index (χ3n) is 5.32. The van der Waals surface area contributed by atoms with Crippen molar-refractivity contribution in [1.82, 2.24) is 19.6 Å². The highest BCUT2D eigenvalue weighted by Crippen LogP contribution is 2.20. The molecule has 1 fully saturated rings. The minimum atomic E-state index is -0.159. The van der Waals surface area contributed by atoms with Crippen LogP contribution < -0.4 is 0 Å². The van der Waals surface area contributed by atoms with Crippen LogP contribution in [-0.2, 0) is 13.1 Å². The van der Waals surface area contributed by atoms with E-state index in [1.807, 2.05) is 35.3 Å². The van der Waals surface area contributed by atoms with Gasteiger partial charge < -0.3 is 4.90 Å². The maximum atomic E-state index is 13.2. The van der Waals surface area contributed by atoms with Crippen molar-refractivity contribution >= 4 is 0 Å². The molecule has 1 aromatic carbocycles. The van der Waals surface area contributed by atoms with Crippen LogP contribution in [0.2, 0.25) is 0 Å². The second kappa shape index (κ2) is 9.28. The van der Waals surface area contributed by atoms with E-state index in [0.29, 0.717) is 12.0 Å². The summed E-state index contributed by atoms with van der Waals surface area (Å²) in [6.07, 6.45) is 6.19. The van der Waals surface area contributed by atoms with E-state index in [9.17, 15) is 4.39 Å². The molecule has 0 N–H and O–H groups in total. The van der Waals surface area contributed by atoms with Gasteiger partial charge in [-0.05, 0) is 55.6 Å². The Bertz CT molecular complexity index is 639. The fraction of sp³-hybridized carbons (Fsp3) is 0.571. The molecule has 2 heterocycles. The second-order valence-corrected chi connectivity index (χ2v) is 7.69. The summed E-state index contributed by atoms with van der Waals surface area (Å²) in [6, 6.07) is 9.48. The van der Waals surface area contributed by atoms with Gasteiger partial charge >= 0.3 is 0 Å². The molecular weight excluding hydrogens is 327 g/mol. The van der Waals surface area contributed by atoms with Crippen LogP contribution in [0.15, 0.2) is 42.7 Å². The molecule has 3 rings (SSSR count). The van der Waals surface area contributed by atoms with Crippen LogP contribution in [0.1, 0.15) is 32.3 Å². The van der Waals surface area contributed by atoms with Gasteiger partial charge in [-0.15, -0.1) is 0 Å². The number of rotatable bonds is 7. The van der Waals surface area contributed by atoms with Crippen LogP contribution in [-0.4, -0.2) is 51.8 Å². The molecule has 1 unspecified atom stereocenters. The summed E-state index contributed by atoms with van der Waals surface area (Å²) in [5, 5.41) is 4.29. The lowest BCUT2D eigenvalue weighted by Crippen LogP contribution is -2.44. The minimum Gasteiger partial charge on any atom is -0.302 e. The van der Waals surface area contributed by atoms with E-state index < -0.39 is 0 Å². The molecular formula is C21H31FN4. The molecule has 4 nitrogen and oxygen atoms in total. The molecule has 2 aromatic rings. The Morgan fingerprint density at radius 3 is 2.65 bits per heavy atom. The zero-order valence-corrected chi connectivity index (χ0v) is 16.0. The number of nitrogens with zero attached hydrogens (tertiary/aromatic N) is 4. The van der Waals surface area contributed by atoms with Crippen molar-refractivity contribution in [1.29, 1.82) is 0 Å². The van der Waals surface area contributed by atoms with E-state index in [1.54, 1.807) is 12.1 Å². The van der Waals surface area contributed by atoms with Gasteiger partial charge in [0.2, 0.25) is 0 Å². The fourth-order valence-electron chi connectivity index (χ4n) is 3.88. The van der Waals surface area contributed by atoms with E-state index in [0.717, 1.165) is 45.7 Å². The maximum absolute atomic E-state index is 13.2.